The van der Waals surface area contributed by atoms with Gasteiger partial charge < -0.3 is 14.7 Å². The quantitative estimate of drug-likeness (QED) is 0.841. The van der Waals surface area contributed by atoms with Gasteiger partial charge >= 0.3 is 0 Å². The summed E-state index contributed by atoms with van der Waals surface area (Å²) in [4.78, 5) is 0.0909. The molecular weight excluding hydrogens is 270 g/mol. The van der Waals surface area contributed by atoms with Crippen LogP contribution >= 0.6 is 0 Å². The van der Waals surface area contributed by atoms with Crippen molar-refractivity contribution in [1.82, 2.24) is 9.88 Å². The Morgan fingerprint density at radius 3 is 2.63 bits per heavy atom. The van der Waals surface area contributed by atoms with Crippen LogP contribution in [0.4, 0.5) is 0 Å². The second kappa shape index (κ2) is 5.16. The minimum Gasteiger partial charge on any atom is -0.464 e. The van der Waals surface area contributed by atoms with Gasteiger partial charge in [-0.1, -0.05) is 5.16 Å². The molecule has 0 radical (unpaired) electrons. The summed E-state index contributed by atoms with van der Waals surface area (Å²) in [6, 6.07) is 3.09. The monoisotopic (exact) mass is 285 g/mol. The first-order chi connectivity index (χ1) is 8.92. The summed E-state index contributed by atoms with van der Waals surface area (Å²) >= 11 is 0. The SMILES string of the molecule is Cc1cc(CNS(=O)(=O)c2cc(CN)oc2C)no1. The van der Waals surface area contributed by atoms with Crippen LogP contribution in [0.2, 0.25) is 0 Å². The zero-order chi connectivity index (χ0) is 14.0. The molecule has 104 valence electrons. The highest BCUT2D eigenvalue weighted by atomic mass is 32.2. The molecule has 0 saturated carbocycles. The Morgan fingerprint density at radius 1 is 1.37 bits per heavy atom. The zero-order valence-corrected chi connectivity index (χ0v) is 11.5. The van der Waals surface area contributed by atoms with Gasteiger partial charge in [-0.05, 0) is 13.8 Å². The summed E-state index contributed by atoms with van der Waals surface area (Å²) < 4.78 is 36.7. The summed E-state index contributed by atoms with van der Waals surface area (Å²) in [5.74, 6) is 1.36. The van der Waals surface area contributed by atoms with Crippen molar-refractivity contribution < 1.29 is 17.4 Å². The summed E-state index contributed by atoms with van der Waals surface area (Å²) in [7, 11) is -3.65. The Hall–Kier alpha value is -1.64. The third kappa shape index (κ3) is 3.03. The molecule has 0 aliphatic heterocycles. The van der Waals surface area contributed by atoms with Crippen LogP contribution in [0.1, 0.15) is 23.0 Å². The zero-order valence-electron chi connectivity index (χ0n) is 10.6. The van der Waals surface area contributed by atoms with E-state index in [1.807, 2.05) is 0 Å². The van der Waals surface area contributed by atoms with E-state index < -0.39 is 10.0 Å². The fraction of sp³-hybridized carbons (Fsp3) is 0.364. The summed E-state index contributed by atoms with van der Waals surface area (Å²) in [6.07, 6.45) is 0. The van der Waals surface area contributed by atoms with Gasteiger partial charge in [0.15, 0.2) is 0 Å². The highest BCUT2D eigenvalue weighted by molar-refractivity contribution is 7.89. The number of rotatable bonds is 5. The smallest absolute Gasteiger partial charge is 0.244 e. The van der Waals surface area contributed by atoms with Crippen LogP contribution in [0.5, 0.6) is 0 Å². The lowest BCUT2D eigenvalue weighted by molar-refractivity contribution is 0.390. The van der Waals surface area contributed by atoms with E-state index in [9.17, 15) is 8.42 Å². The number of nitrogens with one attached hydrogen (secondary N) is 1. The molecule has 0 amide bonds. The van der Waals surface area contributed by atoms with Crippen LogP contribution in [0, 0.1) is 13.8 Å². The summed E-state index contributed by atoms with van der Waals surface area (Å²) in [5, 5.41) is 3.71. The van der Waals surface area contributed by atoms with Crippen LogP contribution in [-0.4, -0.2) is 13.6 Å². The van der Waals surface area contributed by atoms with Crippen LogP contribution < -0.4 is 10.5 Å². The maximum absolute atomic E-state index is 12.1. The molecule has 7 nitrogen and oxygen atoms in total. The molecule has 2 aromatic rings. The molecular formula is C11H15N3O4S. The van der Waals surface area contributed by atoms with E-state index in [2.05, 4.69) is 9.88 Å². The van der Waals surface area contributed by atoms with Gasteiger partial charge in [-0.25, -0.2) is 13.1 Å². The van der Waals surface area contributed by atoms with E-state index in [-0.39, 0.29) is 18.0 Å². The first-order valence-corrected chi connectivity index (χ1v) is 7.12. The molecule has 0 unspecified atom stereocenters. The lowest BCUT2D eigenvalue weighted by Gasteiger charge is -2.02. The third-order valence-electron chi connectivity index (χ3n) is 2.53. The number of sulfonamides is 1. The molecule has 0 bridgehead atoms. The first kappa shape index (κ1) is 13.8. The van der Waals surface area contributed by atoms with Crippen LogP contribution in [0.3, 0.4) is 0 Å². The number of hydrogen-bond donors (Lipinski definition) is 2. The average molecular weight is 285 g/mol. The van der Waals surface area contributed by atoms with E-state index >= 15 is 0 Å². The van der Waals surface area contributed by atoms with Gasteiger partial charge in [-0.2, -0.15) is 0 Å². The van der Waals surface area contributed by atoms with E-state index in [0.29, 0.717) is 23.0 Å². The highest BCUT2D eigenvalue weighted by Crippen LogP contribution is 2.19. The van der Waals surface area contributed by atoms with Crippen molar-refractivity contribution in [2.75, 3.05) is 0 Å². The van der Waals surface area contributed by atoms with Gasteiger partial charge in [0.1, 0.15) is 22.2 Å². The number of aryl methyl sites for hydroxylation is 2. The number of furan rings is 1. The Kier molecular flexibility index (Phi) is 3.74. The largest absolute Gasteiger partial charge is 0.464 e. The van der Waals surface area contributed by atoms with Crippen molar-refractivity contribution in [3.8, 4) is 0 Å². The Labute approximate surface area is 110 Å². The van der Waals surface area contributed by atoms with E-state index in [1.54, 1.807) is 19.9 Å². The fourth-order valence-corrected chi connectivity index (χ4v) is 2.84. The van der Waals surface area contributed by atoms with E-state index in [4.69, 9.17) is 14.7 Å². The van der Waals surface area contributed by atoms with Crippen molar-refractivity contribution in [2.45, 2.75) is 31.8 Å². The lowest BCUT2D eigenvalue weighted by atomic mass is 10.4. The molecule has 19 heavy (non-hydrogen) atoms. The maximum Gasteiger partial charge on any atom is 0.244 e. The molecule has 2 rings (SSSR count). The molecule has 2 heterocycles. The molecule has 3 N–H and O–H groups in total. The minimum absolute atomic E-state index is 0.0578. The van der Waals surface area contributed by atoms with Crippen LogP contribution in [0.15, 0.2) is 26.0 Å². The van der Waals surface area contributed by atoms with Gasteiger partial charge in [0.2, 0.25) is 10.0 Å². The maximum atomic E-state index is 12.1. The first-order valence-electron chi connectivity index (χ1n) is 5.63. The van der Waals surface area contributed by atoms with Gasteiger partial charge in [0.05, 0.1) is 18.8 Å². The topological polar surface area (TPSA) is 111 Å². The number of nitrogens with zero attached hydrogens (tertiary/aromatic N) is 1. The van der Waals surface area contributed by atoms with Crippen LogP contribution in [0.25, 0.3) is 0 Å². The molecule has 8 heteroatoms. The Morgan fingerprint density at radius 2 is 2.11 bits per heavy atom. The fourth-order valence-electron chi connectivity index (χ4n) is 1.64. The number of nitrogens with two attached hydrogens (primary N) is 1. The Balaban J connectivity index is 2.15. The molecule has 0 spiro atoms. The standard InChI is InChI=1S/C11H15N3O4S/c1-7-3-9(14-18-7)6-13-19(15,16)11-4-10(5-12)17-8(11)2/h3-4,13H,5-6,12H2,1-2H3. The number of hydrogen-bond acceptors (Lipinski definition) is 6. The predicted octanol–water partition coefficient (Wildman–Crippen LogP) is 0.822. The van der Waals surface area contributed by atoms with Gasteiger partial charge in [0.25, 0.3) is 0 Å². The molecule has 0 aromatic carbocycles. The molecule has 2 aromatic heterocycles. The number of aromatic nitrogens is 1. The summed E-state index contributed by atoms with van der Waals surface area (Å²) in [5.41, 5.74) is 5.93. The molecule has 0 aliphatic rings. The van der Waals surface area contributed by atoms with Gasteiger partial charge in [-0.3, -0.25) is 0 Å². The molecule has 0 saturated heterocycles. The van der Waals surface area contributed by atoms with E-state index in [1.165, 1.54) is 6.07 Å². The lowest BCUT2D eigenvalue weighted by Crippen LogP contribution is -2.23. The second-order valence-corrected chi connectivity index (χ2v) is 5.83. The van der Waals surface area contributed by atoms with E-state index in [0.717, 1.165) is 0 Å². The molecule has 0 fully saturated rings. The Bertz CT molecular complexity index is 672. The average Bonchev–Trinajstić information content (AvgIpc) is 2.93. The van der Waals surface area contributed by atoms with Gasteiger partial charge in [0, 0.05) is 12.1 Å². The molecule has 0 atom stereocenters. The van der Waals surface area contributed by atoms with Gasteiger partial charge in [-0.15, -0.1) is 0 Å². The molecule has 0 aliphatic carbocycles. The van der Waals surface area contributed by atoms with Crippen molar-refractivity contribution in [2.24, 2.45) is 5.73 Å². The van der Waals surface area contributed by atoms with Crippen molar-refractivity contribution in [3.63, 3.8) is 0 Å². The summed E-state index contributed by atoms with van der Waals surface area (Å²) in [6.45, 7) is 3.52. The van der Waals surface area contributed by atoms with Crippen molar-refractivity contribution >= 4 is 10.0 Å². The predicted molar refractivity (Wildman–Crippen MR) is 66.6 cm³/mol. The van der Waals surface area contributed by atoms with Crippen molar-refractivity contribution in [1.29, 1.82) is 0 Å². The van der Waals surface area contributed by atoms with Crippen LogP contribution in [-0.2, 0) is 23.1 Å². The normalized spacial score (nSPS) is 11.9. The third-order valence-corrected chi connectivity index (χ3v) is 4.04. The minimum atomic E-state index is -3.65. The second-order valence-electron chi connectivity index (χ2n) is 4.09. The van der Waals surface area contributed by atoms with Crippen molar-refractivity contribution in [3.05, 3.63) is 35.1 Å². The highest BCUT2D eigenvalue weighted by Gasteiger charge is 2.21.